The minimum atomic E-state index is -0.172. The Morgan fingerprint density at radius 3 is 2.88 bits per heavy atom. The van der Waals surface area contributed by atoms with Crippen LogP contribution in [-0.2, 0) is 17.8 Å². The van der Waals surface area contributed by atoms with E-state index in [4.69, 9.17) is 20.9 Å². The first-order valence-corrected chi connectivity index (χ1v) is 8.00. The number of methoxy groups -OCH3 is 1. The zero-order valence-electron chi connectivity index (χ0n) is 13.5. The van der Waals surface area contributed by atoms with Crippen molar-refractivity contribution in [3.8, 4) is 17.1 Å². The van der Waals surface area contributed by atoms with Gasteiger partial charge in [-0.15, -0.1) is 0 Å². The van der Waals surface area contributed by atoms with Crippen molar-refractivity contribution in [3.63, 3.8) is 0 Å². The minimum absolute atomic E-state index is 0.153. The third-order valence-electron chi connectivity index (χ3n) is 3.54. The van der Waals surface area contributed by atoms with E-state index in [9.17, 15) is 4.79 Å². The Bertz CT molecular complexity index is 879. The maximum atomic E-state index is 12.0. The molecule has 0 aliphatic carbocycles. The number of ether oxygens (including phenoxy) is 1. The van der Waals surface area contributed by atoms with Crippen LogP contribution < -0.4 is 10.1 Å². The number of rotatable bonds is 6. The second-order valence-electron chi connectivity index (χ2n) is 5.29. The van der Waals surface area contributed by atoms with Crippen molar-refractivity contribution in [3.05, 3.63) is 65.0 Å². The van der Waals surface area contributed by atoms with Gasteiger partial charge in [-0.3, -0.25) is 4.79 Å². The topological polar surface area (TPSA) is 77.3 Å². The molecular weight excluding hydrogens is 342 g/mol. The molecule has 3 aromatic rings. The molecule has 3 rings (SSSR count). The molecule has 0 aliphatic heterocycles. The first-order chi connectivity index (χ1) is 12.2. The van der Waals surface area contributed by atoms with Gasteiger partial charge < -0.3 is 14.6 Å². The van der Waals surface area contributed by atoms with Crippen molar-refractivity contribution in [2.24, 2.45) is 0 Å². The zero-order chi connectivity index (χ0) is 17.6. The molecule has 7 heteroatoms. The van der Waals surface area contributed by atoms with E-state index in [1.54, 1.807) is 13.2 Å². The van der Waals surface area contributed by atoms with Crippen LogP contribution in [0.5, 0.6) is 5.75 Å². The van der Waals surface area contributed by atoms with Crippen LogP contribution in [0.3, 0.4) is 0 Å². The summed E-state index contributed by atoms with van der Waals surface area (Å²) in [4.78, 5) is 16.3. The average Bonchev–Trinajstić information content (AvgIpc) is 3.11. The molecule has 0 bridgehead atoms. The van der Waals surface area contributed by atoms with Gasteiger partial charge in [-0.25, -0.2) is 0 Å². The highest BCUT2D eigenvalue weighted by atomic mass is 35.5. The number of hydrogen-bond donors (Lipinski definition) is 1. The number of amides is 1. The standard InChI is InChI=1S/C18H16ClN3O3/c1-24-14-7-4-6-13(9-14)18-21-17(25-22-18)11-20-16(23)10-12-5-2-3-8-15(12)19/h2-9H,10-11H2,1H3,(H,20,23). The van der Waals surface area contributed by atoms with E-state index in [0.29, 0.717) is 22.5 Å². The lowest BCUT2D eigenvalue weighted by Gasteiger charge is -2.04. The number of carbonyl (C=O) groups excluding carboxylic acids is 1. The van der Waals surface area contributed by atoms with E-state index in [1.165, 1.54) is 0 Å². The molecular formula is C18H16ClN3O3. The van der Waals surface area contributed by atoms with Crippen LogP contribution in [0.4, 0.5) is 0 Å². The van der Waals surface area contributed by atoms with Crippen LogP contribution in [0.2, 0.25) is 5.02 Å². The van der Waals surface area contributed by atoms with E-state index in [2.05, 4.69) is 15.5 Å². The summed E-state index contributed by atoms with van der Waals surface area (Å²) in [7, 11) is 1.59. The molecule has 0 radical (unpaired) electrons. The van der Waals surface area contributed by atoms with Crippen molar-refractivity contribution >= 4 is 17.5 Å². The molecule has 0 aliphatic rings. The molecule has 2 aromatic carbocycles. The summed E-state index contributed by atoms with van der Waals surface area (Å²) >= 11 is 6.05. The van der Waals surface area contributed by atoms with Crippen LogP contribution >= 0.6 is 11.6 Å². The van der Waals surface area contributed by atoms with Crippen molar-refractivity contribution in [1.82, 2.24) is 15.5 Å². The average molecular weight is 358 g/mol. The Kier molecular flexibility index (Phi) is 5.30. The van der Waals surface area contributed by atoms with Gasteiger partial charge in [0.1, 0.15) is 5.75 Å². The van der Waals surface area contributed by atoms with E-state index in [0.717, 1.165) is 11.1 Å². The Labute approximate surface area is 149 Å². The zero-order valence-corrected chi connectivity index (χ0v) is 14.3. The number of nitrogens with one attached hydrogen (secondary N) is 1. The first-order valence-electron chi connectivity index (χ1n) is 7.63. The molecule has 0 unspecified atom stereocenters. The Balaban J connectivity index is 1.60. The fraction of sp³-hybridized carbons (Fsp3) is 0.167. The Morgan fingerprint density at radius 2 is 2.08 bits per heavy atom. The fourth-order valence-corrected chi connectivity index (χ4v) is 2.46. The van der Waals surface area contributed by atoms with Crippen molar-refractivity contribution in [1.29, 1.82) is 0 Å². The van der Waals surface area contributed by atoms with Gasteiger partial charge in [-0.2, -0.15) is 4.98 Å². The van der Waals surface area contributed by atoms with Gasteiger partial charge in [-0.05, 0) is 23.8 Å². The molecule has 0 saturated carbocycles. The predicted molar refractivity (Wildman–Crippen MR) is 93.3 cm³/mol. The quantitative estimate of drug-likeness (QED) is 0.732. The van der Waals surface area contributed by atoms with Gasteiger partial charge in [0.2, 0.25) is 17.6 Å². The van der Waals surface area contributed by atoms with Gasteiger partial charge in [0, 0.05) is 10.6 Å². The van der Waals surface area contributed by atoms with E-state index >= 15 is 0 Å². The number of aromatic nitrogens is 2. The van der Waals surface area contributed by atoms with E-state index in [1.807, 2.05) is 42.5 Å². The lowest BCUT2D eigenvalue weighted by molar-refractivity contribution is -0.120. The van der Waals surface area contributed by atoms with Crippen LogP contribution in [0.15, 0.2) is 53.1 Å². The normalized spacial score (nSPS) is 10.5. The van der Waals surface area contributed by atoms with Crippen LogP contribution in [0, 0.1) is 0 Å². The number of nitrogens with zero attached hydrogens (tertiary/aromatic N) is 2. The summed E-state index contributed by atoms with van der Waals surface area (Å²) in [5, 5.41) is 7.23. The first kappa shape index (κ1) is 17.0. The highest BCUT2D eigenvalue weighted by Crippen LogP contribution is 2.21. The Hall–Kier alpha value is -2.86. The smallest absolute Gasteiger partial charge is 0.246 e. The lowest BCUT2D eigenvalue weighted by Crippen LogP contribution is -2.24. The van der Waals surface area contributed by atoms with E-state index in [-0.39, 0.29) is 18.9 Å². The van der Waals surface area contributed by atoms with Gasteiger partial charge in [0.15, 0.2) is 0 Å². The minimum Gasteiger partial charge on any atom is -0.497 e. The predicted octanol–water partition coefficient (Wildman–Crippen LogP) is 3.26. The summed E-state index contributed by atoms with van der Waals surface area (Å²) in [6.07, 6.45) is 0.191. The third kappa shape index (κ3) is 4.36. The maximum absolute atomic E-state index is 12.0. The number of carbonyl (C=O) groups is 1. The summed E-state index contributed by atoms with van der Waals surface area (Å²) in [5.74, 6) is 1.30. The van der Waals surface area contributed by atoms with Gasteiger partial charge in [0.25, 0.3) is 0 Å². The van der Waals surface area contributed by atoms with Crippen LogP contribution in [0.1, 0.15) is 11.5 Å². The highest BCUT2D eigenvalue weighted by Gasteiger charge is 2.11. The van der Waals surface area contributed by atoms with E-state index < -0.39 is 0 Å². The van der Waals surface area contributed by atoms with Crippen molar-refractivity contribution in [2.75, 3.05) is 7.11 Å². The molecule has 25 heavy (non-hydrogen) atoms. The molecule has 128 valence electrons. The number of hydrogen-bond acceptors (Lipinski definition) is 5. The molecule has 6 nitrogen and oxygen atoms in total. The van der Waals surface area contributed by atoms with Gasteiger partial charge in [0.05, 0.1) is 20.1 Å². The highest BCUT2D eigenvalue weighted by molar-refractivity contribution is 6.31. The molecule has 1 amide bonds. The second-order valence-corrected chi connectivity index (χ2v) is 5.70. The molecule has 1 heterocycles. The number of halogens is 1. The van der Waals surface area contributed by atoms with Gasteiger partial charge >= 0.3 is 0 Å². The lowest BCUT2D eigenvalue weighted by atomic mass is 10.1. The Morgan fingerprint density at radius 1 is 1.24 bits per heavy atom. The maximum Gasteiger partial charge on any atom is 0.246 e. The van der Waals surface area contributed by atoms with Crippen molar-refractivity contribution in [2.45, 2.75) is 13.0 Å². The third-order valence-corrected chi connectivity index (χ3v) is 3.91. The van der Waals surface area contributed by atoms with Crippen LogP contribution in [0.25, 0.3) is 11.4 Å². The van der Waals surface area contributed by atoms with Gasteiger partial charge in [-0.1, -0.05) is 47.1 Å². The molecule has 0 fully saturated rings. The molecule has 0 atom stereocenters. The largest absolute Gasteiger partial charge is 0.497 e. The summed E-state index contributed by atoms with van der Waals surface area (Å²) in [6.45, 7) is 0.153. The summed E-state index contributed by atoms with van der Waals surface area (Å²) in [5.41, 5.74) is 1.54. The molecule has 1 N–H and O–H groups in total. The molecule has 0 spiro atoms. The fourth-order valence-electron chi connectivity index (χ4n) is 2.26. The van der Waals surface area contributed by atoms with Crippen LogP contribution in [-0.4, -0.2) is 23.2 Å². The monoisotopic (exact) mass is 357 g/mol. The summed E-state index contributed by atoms with van der Waals surface area (Å²) in [6, 6.07) is 14.6. The summed E-state index contributed by atoms with van der Waals surface area (Å²) < 4.78 is 10.3. The SMILES string of the molecule is COc1cccc(-c2noc(CNC(=O)Cc3ccccc3Cl)n2)c1. The molecule has 1 aromatic heterocycles. The second kappa shape index (κ2) is 7.81. The number of benzene rings is 2. The molecule has 0 saturated heterocycles. The van der Waals surface area contributed by atoms with Crippen molar-refractivity contribution < 1.29 is 14.1 Å².